The Morgan fingerprint density at radius 2 is 2.27 bits per heavy atom. The molecule has 1 N–H and O–H groups in total. The van der Waals surface area contributed by atoms with Gasteiger partial charge in [-0.15, -0.1) is 10.2 Å². The third-order valence-electron chi connectivity index (χ3n) is 2.82. The first kappa shape index (κ1) is 16.0. The summed E-state index contributed by atoms with van der Waals surface area (Å²) in [5.41, 5.74) is 0.139. The summed E-state index contributed by atoms with van der Waals surface area (Å²) >= 11 is 1.13. The van der Waals surface area contributed by atoms with Crippen LogP contribution in [0.1, 0.15) is 23.7 Å². The van der Waals surface area contributed by atoms with Gasteiger partial charge in [-0.25, -0.2) is 0 Å². The van der Waals surface area contributed by atoms with Crippen molar-refractivity contribution >= 4 is 23.4 Å². The lowest BCUT2D eigenvalue weighted by Crippen LogP contribution is -2.24. The van der Waals surface area contributed by atoms with Crippen LogP contribution >= 0.6 is 11.8 Å². The molecule has 1 amide bonds. The van der Waals surface area contributed by atoms with E-state index >= 15 is 0 Å². The molecule has 1 aromatic heterocycles. The van der Waals surface area contributed by atoms with Crippen molar-refractivity contribution in [3.63, 3.8) is 0 Å². The van der Waals surface area contributed by atoms with Gasteiger partial charge in [0.15, 0.2) is 5.16 Å². The van der Waals surface area contributed by atoms with Crippen molar-refractivity contribution in [1.29, 1.82) is 0 Å². The van der Waals surface area contributed by atoms with Crippen LogP contribution < -0.4 is 5.32 Å². The molecule has 0 unspecified atom stereocenters. The molecule has 2 rings (SSSR count). The number of aryl methyl sites for hydroxylation is 1. The minimum Gasteiger partial charge on any atom is -0.352 e. The highest BCUT2D eigenvalue weighted by Gasteiger charge is 2.19. The third kappa shape index (κ3) is 3.61. The summed E-state index contributed by atoms with van der Waals surface area (Å²) in [5.74, 6) is -0.319. The van der Waals surface area contributed by atoms with Crippen LogP contribution in [-0.4, -0.2) is 32.1 Å². The number of nitro groups is 1. The predicted molar refractivity (Wildman–Crippen MR) is 80.8 cm³/mol. The molecule has 1 heterocycles. The Kier molecular flexibility index (Phi) is 5.10. The lowest BCUT2D eigenvalue weighted by Gasteiger charge is -2.06. The molecule has 0 aliphatic heterocycles. The van der Waals surface area contributed by atoms with E-state index in [1.54, 1.807) is 23.7 Å². The Bertz CT molecular complexity index is 701. The monoisotopic (exact) mass is 321 g/mol. The van der Waals surface area contributed by atoms with Gasteiger partial charge in [0.05, 0.1) is 9.82 Å². The van der Waals surface area contributed by atoms with E-state index < -0.39 is 4.92 Å². The Hall–Kier alpha value is -2.42. The van der Waals surface area contributed by atoms with Crippen molar-refractivity contribution < 1.29 is 9.72 Å². The Morgan fingerprint density at radius 3 is 2.86 bits per heavy atom. The number of amides is 1. The van der Waals surface area contributed by atoms with Gasteiger partial charge in [0.25, 0.3) is 11.6 Å². The largest absolute Gasteiger partial charge is 0.352 e. The van der Waals surface area contributed by atoms with Gasteiger partial charge >= 0.3 is 0 Å². The van der Waals surface area contributed by atoms with Gasteiger partial charge in [-0.3, -0.25) is 14.9 Å². The smallest absolute Gasteiger partial charge is 0.284 e. The molecule has 0 saturated carbocycles. The van der Waals surface area contributed by atoms with Crippen molar-refractivity contribution in [2.75, 3.05) is 6.54 Å². The van der Waals surface area contributed by atoms with Gasteiger partial charge < -0.3 is 9.88 Å². The molecule has 9 heteroatoms. The molecule has 1 aromatic carbocycles. The maximum Gasteiger partial charge on any atom is 0.284 e. The van der Waals surface area contributed by atoms with E-state index in [9.17, 15) is 14.9 Å². The van der Waals surface area contributed by atoms with E-state index in [4.69, 9.17) is 0 Å². The Morgan fingerprint density at radius 1 is 1.50 bits per heavy atom. The summed E-state index contributed by atoms with van der Waals surface area (Å²) in [4.78, 5) is 23.0. The van der Waals surface area contributed by atoms with E-state index in [1.165, 1.54) is 12.4 Å². The highest BCUT2D eigenvalue weighted by Crippen LogP contribution is 2.34. The summed E-state index contributed by atoms with van der Waals surface area (Å²) in [6.45, 7) is 2.46. The SMILES string of the molecule is CCCNC(=O)c1ccc(Sc2nncn2C)c([N+](=O)[O-])c1. The maximum atomic E-state index is 11.9. The second-order valence-electron chi connectivity index (χ2n) is 4.52. The number of nitro benzene ring substituents is 1. The zero-order chi connectivity index (χ0) is 16.1. The Balaban J connectivity index is 2.30. The third-order valence-corrected chi connectivity index (χ3v) is 3.94. The molecular formula is C13H15N5O3S. The molecule has 2 aromatic rings. The van der Waals surface area contributed by atoms with Gasteiger partial charge in [0.2, 0.25) is 0 Å². The molecule has 8 nitrogen and oxygen atoms in total. The zero-order valence-corrected chi connectivity index (χ0v) is 13.0. The fourth-order valence-electron chi connectivity index (χ4n) is 1.69. The number of hydrogen-bond donors (Lipinski definition) is 1. The van der Waals surface area contributed by atoms with E-state index in [0.717, 1.165) is 18.2 Å². The fraction of sp³-hybridized carbons (Fsp3) is 0.308. The number of nitrogens with zero attached hydrogens (tertiary/aromatic N) is 4. The predicted octanol–water partition coefficient (Wildman–Crippen LogP) is 2.01. The lowest BCUT2D eigenvalue weighted by atomic mass is 10.2. The normalized spacial score (nSPS) is 10.5. The van der Waals surface area contributed by atoms with E-state index in [1.807, 2.05) is 6.92 Å². The van der Waals surface area contributed by atoms with Crippen molar-refractivity contribution in [1.82, 2.24) is 20.1 Å². The highest BCUT2D eigenvalue weighted by atomic mass is 32.2. The summed E-state index contributed by atoms with van der Waals surface area (Å²) in [6, 6.07) is 4.40. The molecule has 0 fully saturated rings. The summed E-state index contributed by atoms with van der Waals surface area (Å²) < 4.78 is 1.66. The van der Waals surface area contributed by atoms with Crippen LogP contribution in [0.25, 0.3) is 0 Å². The number of nitrogens with one attached hydrogen (secondary N) is 1. The molecule has 0 aliphatic carbocycles. The number of benzene rings is 1. The van der Waals surface area contributed by atoms with Crippen LogP contribution in [0.5, 0.6) is 0 Å². The minimum absolute atomic E-state index is 0.128. The first-order chi connectivity index (χ1) is 10.5. The summed E-state index contributed by atoms with van der Waals surface area (Å²) in [6.07, 6.45) is 2.31. The van der Waals surface area contributed by atoms with Crippen molar-refractivity contribution in [2.45, 2.75) is 23.4 Å². The molecule has 0 spiro atoms. The van der Waals surface area contributed by atoms with Crippen molar-refractivity contribution in [3.05, 3.63) is 40.2 Å². The van der Waals surface area contributed by atoms with Crippen molar-refractivity contribution in [3.8, 4) is 0 Å². The van der Waals surface area contributed by atoms with E-state index in [0.29, 0.717) is 16.6 Å². The van der Waals surface area contributed by atoms with Gasteiger partial charge in [-0.05, 0) is 30.3 Å². The van der Waals surface area contributed by atoms with Crippen molar-refractivity contribution in [2.24, 2.45) is 7.05 Å². The van der Waals surface area contributed by atoms with E-state index in [2.05, 4.69) is 15.5 Å². The van der Waals surface area contributed by atoms with Gasteiger partial charge in [-0.1, -0.05) is 6.92 Å². The summed E-state index contributed by atoms with van der Waals surface area (Å²) in [7, 11) is 1.75. The second kappa shape index (κ2) is 7.03. The topological polar surface area (TPSA) is 103 Å². The molecular weight excluding hydrogens is 306 g/mol. The maximum absolute atomic E-state index is 11.9. The molecule has 22 heavy (non-hydrogen) atoms. The molecule has 0 bridgehead atoms. The number of aromatic nitrogens is 3. The number of carbonyl (C=O) groups is 1. The first-order valence-corrected chi connectivity index (χ1v) is 7.43. The molecule has 0 aliphatic rings. The van der Waals surface area contributed by atoms with Crippen LogP contribution in [0.4, 0.5) is 5.69 Å². The average Bonchev–Trinajstić information content (AvgIpc) is 2.90. The molecule has 0 saturated heterocycles. The van der Waals surface area contributed by atoms with Gasteiger partial charge in [-0.2, -0.15) is 0 Å². The van der Waals surface area contributed by atoms with Gasteiger partial charge in [0, 0.05) is 25.2 Å². The fourth-order valence-corrected chi connectivity index (χ4v) is 2.54. The molecule has 116 valence electrons. The van der Waals surface area contributed by atoms with Crippen LogP contribution in [-0.2, 0) is 7.05 Å². The molecule has 0 atom stereocenters. The number of rotatable bonds is 6. The first-order valence-electron chi connectivity index (χ1n) is 6.61. The zero-order valence-electron chi connectivity index (χ0n) is 12.1. The average molecular weight is 321 g/mol. The van der Waals surface area contributed by atoms with E-state index in [-0.39, 0.29) is 17.2 Å². The van der Waals surface area contributed by atoms with Gasteiger partial charge in [0.1, 0.15) is 6.33 Å². The second-order valence-corrected chi connectivity index (χ2v) is 5.53. The van der Waals surface area contributed by atoms with Crippen LogP contribution in [0.2, 0.25) is 0 Å². The lowest BCUT2D eigenvalue weighted by molar-refractivity contribution is -0.387. The van der Waals surface area contributed by atoms with Crippen LogP contribution in [0.3, 0.4) is 0 Å². The Labute approximate surface area is 131 Å². The standard InChI is InChI=1S/C13H15N5O3S/c1-3-6-14-12(19)9-4-5-11(10(7-9)18(20)21)22-13-16-15-8-17(13)2/h4-5,7-8H,3,6H2,1-2H3,(H,14,19). The summed E-state index contributed by atoms with van der Waals surface area (Å²) in [5, 5.41) is 22.1. The number of carbonyl (C=O) groups excluding carboxylic acids is 1. The quantitative estimate of drug-likeness (QED) is 0.645. The molecule has 0 radical (unpaired) electrons. The van der Waals surface area contributed by atoms with Crippen LogP contribution in [0.15, 0.2) is 34.6 Å². The minimum atomic E-state index is -0.505. The highest BCUT2D eigenvalue weighted by molar-refractivity contribution is 7.99. The van der Waals surface area contributed by atoms with Crippen LogP contribution in [0, 0.1) is 10.1 Å². The number of hydrogen-bond acceptors (Lipinski definition) is 6.